The van der Waals surface area contributed by atoms with Crippen LogP contribution in [-0.2, 0) is 11.2 Å². The number of methoxy groups -OCH3 is 1. The SMILES string of the molecule is COc1cccc(C(=O)N2CCNC(=O)[C@@H](Cc3cccc(-c4ccccc4)c3)C2)c1. The maximum Gasteiger partial charge on any atom is 0.254 e. The Labute approximate surface area is 182 Å². The number of ether oxygens (including phenoxy) is 1. The van der Waals surface area contributed by atoms with E-state index in [9.17, 15) is 9.59 Å². The Morgan fingerprint density at radius 1 is 1.00 bits per heavy atom. The van der Waals surface area contributed by atoms with E-state index in [1.54, 1.807) is 30.2 Å². The first-order valence-corrected chi connectivity index (χ1v) is 10.5. The Morgan fingerprint density at radius 3 is 2.58 bits per heavy atom. The van der Waals surface area contributed by atoms with Gasteiger partial charge in [0.05, 0.1) is 13.0 Å². The van der Waals surface area contributed by atoms with Gasteiger partial charge in [0, 0.05) is 25.2 Å². The molecule has 3 aromatic carbocycles. The second-order valence-electron chi connectivity index (χ2n) is 7.74. The van der Waals surface area contributed by atoms with Crippen molar-refractivity contribution in [1.29, 1.82) is 0 Å². The van der Waals surface area contributed by atoms with E-state index in [2.05, 4.69) is 29.6 Å². The van der Waals surface area contributed by atoms with Crippen molar-refractivity contribution < 1.29 is 14.3 Å². The molecule has 158 valence electrons. The van der Waals surface area contributed by atoms with Crippen molar-refractivity contribution in [2.75, 3.05) is 26.7 Å². The number of rotatable bonds is 5. The zero-order valence-corrected chi connectivity index (χ0v) is 17.6. The van der Waals surface area contributed by atoms with Crippen LogP contribution in [0.25, 0.3) is 11.1 Å². The molecule has 5 heteroatoms. The standard InChI is InChI=1S/C26H26N2O3/c1-31-24-12-6-11-22(17-24)26(30)28-14-13-27-25(29)23(18-28)16-19-7-5-10-21(15-19)20-8-3-2-4-9-20/h2-12,15,17,23H,13-14,16,18H2,1H3,(H,27,29)/t23-/m0/s1. The summed E-state index contributed by atoms with van der Waals surface area (Å²) in [4.78, 5) is 27.6. The Balaban J connectivity index is 1.52. The molecule has 0 bridgehead atoms. The summed E-state index contributed by atoms with van der Waals surface area (Å²) in [6.07, 6.45) is 0.578. The number of nitrogens with zero attached hydrogens (tertiary/aromatic N) is 1. The van der Waals surface area contributed by atoms with E-state index in [0.717, 1.165) is 16.7 Å². The third-order valence-electron chi connectivity index (χ3n) is 5.61. The molecule has 4 rings (SSSR count). The Kier molecular flexibility index (Phi) is 6.32. The molecule has 0 radical (unpaired) electrons. The minimum Gasteiger partial charge on any atom is -0.497 e. The van der Waals surface area contributed by atoms with E-state index in [0.29, 0.717) is 37.4 Å². The van der Waals surface area contributed by atoms with Crippen molar-refractivity contribution in [1.82, 2.24) is 10.2 Å². The fourth-order valence-corrected chi connectivity index (χ4v) is 3.97. The summed E-state index contributed by atoms with van der Waals surface area (Å²) in [5.74, 6) is 0.247. The molecule has 0 aromatic heterocycles. The summed E-state index contributed by atoms with van der Waals surface area (Å²) in [6, 6.07) is 25.6. The quantitative estimate of drug-likeness (QED) is 0.691. The van der Waals surface area contributed by atoms with Crippen molar-refractivity contribution in [3.05, 3.63) is 90.0 Å². The monoisotopic (exact) mass is 414 g/mol. The molecule has 0 spiro atoms. The Bertz CT molecular complexity index is 1070. The first kappa shape index (κ1) is 20.7. The van der Waals surface area contributed by atoms with E-state index in [-0.39, 0.29) is 17.7 Å². The van der Waals surface area contributed by atoms with E-state index in [1.165, 1.54) is 0 Å². The smallest absolute Gasteiger partial charge is 0.254 e. The van der Waals surface area contributed by atoms with Gasteiger partial charge in [-0.05, 0) is 41.3 Å². The first-order chi connectivity index (χ1) is 15.1. The second-order valence-corrected chi connectivity index (χ2v) is 7.74. The molecule has 1 aliphatic heterocycles. The molecule has 31 heavy (non-hydrogen) atoms. The fraction of sp³-hybridized carbons (Fsp3) is 0.231. The van der Waals surface area contributed by atoms with Gasteiger partial charge in [0.15, 0.2) is 0 Å². The Morgan fingerprint density at radius 2 is 1.77 bits per heavy atom. The lowest BCUT2D eigenvalue weighted by atomic mass is 9.95. The average Bonchev–Trinajstić information content (AvgIpc) is 3.00. The number of amides is 2. The van der Waals surface area contributed by atoms with Gasteiger partial charge in [-0.1, -0.05) is 60.7 Å². The van der Waals surface area contributed by atoms with Gasteiger partial charge in [-0.25, -0.2) is 0 Å². The summed E-state index contributed by atoms with van der Waals surface area (Å²) in [5.41, 5.74) is 3.91. The number of hydrogen-bond acceptors (Lipinski definition) is 3. The molecule has 1 saturated heterocycles. The number of nitrogens with one attached hydrogen (secondary N) is 1. The van der Waals surface area contributed by atoms with Crippen LogP contribution in [0.15, 0.2) is 78.9 Å². The van der Waals surface area contributed by atoms with E-state index >= 15 is 0 Å². The molecule has 2 amide bonds. The van der Waals surface area contributed by atoms with Gasteiger partial charge in [0.25, 0.3) is 5.91 Å². The largest absolute Gasteiger partial charge is 0.497 e. The van der Waals surface area contributed by atoms with E-state index in [4.69, 9.17) is 4.74 Å². The van der Waals surface area contributed by atoms with Crippen molar-refractivity contribution in [2.24, 2.45) is 5.92 Å². The molecule has 0 saturated carbocycles. The Hall–Kier alpha value is -3.60. The van der Waals surface area contributed by atoms with Crippen molar-refractivity contribution in [3.63, 3.8) is 0 Å². The van der Waals surface area contributed by atoms with E-state index in [1.807, 2.05) is 36.4 Å². The molecule has 1 atom stereocenters. The molecule has 0 unspecified atom stereocenters. The van der Waals surface area contributed by atoms with Crippen LogP contribution in [0, 0.1) is 5.92 Å². The van der Waals surface area contributed by atoms with Crippen molar-refractivity contribution >= 4 is 11.8 Å². The predicted octanol–water partition coefficient (Wildman–Crippen LogP) is 3.79. The first-order valence-electron chi connectivity index (χ1n) is 10.5. The summed E-state index contributed by atoms with van der Waals surface area (Å²) in [7, 11) is 1.58. The molecule has 1 heterocycles. The zero-order valence-electron chi connectivity index (χ0n) is 17.6. The molecule has 1 N–H and O–H groups in total. The highest BCUT2D eigenvalue weighted by molar-refractivity contribution is 5.95. The highest BCUT2D eigenvalue weighted by atomic mass is 16.5. The highest BCUT2D eigenvalue weighted by Crippen LogP contribution is 2.23. The van der Waals surface area contributed by atoms with Gasteiger partial charge < -0.3 is 15.0 Å². The normalized spacial score (nSPS) is 16.4. The molecule has 5 nitrogen and oxygen atoms in total. The zero-order chi connectivity index (χ0) is 21.6. The van der Waals surface area contributed by atoms with E-state index < -0.39 is 0 Å². The predicted molar refractivity (Wildman–Crippen MR) is 121 cm³/mol. The molecule has 1 fully saturated rings. The summed E-state index contributed by atoms with van der Waals surface area (Å²) in [5, 5.41) is 2.96. The van der Waals surface area contributed by atoms with Gasteiger partial charge in [-0.3, -0.25) is 9.59 Å². The van der Waals surface area contributed by atoms with Gasteiger partial charge in [-0.15, -0.1) is 0 Å². The minimum atomic E-state index is -0.303. The highest BCUT2D eigenvalue weighted by Gasteiger charge is 2.28. The molecule has 1 aliphatic rings. The van der Waals surface area contributed by atoms with Crippen LogP contribution in [0.2, 0.25) is 0 Å². The van der Waals surface area contributed by atoms with Crippen LogP contribution in [0.3, 0.4) is 0 Å². The lowest BCUT2D eigenvalue weighted by Gasteiger charge is -2.23. The van der Waals surface area contributed by atoms with Crippen LogP contribution < -0.4 is 10.1 Å². The van der Waals surface area contributed by atoms with Crippen LogP contribution in [0.1, 0.15) is 15.9 Å². The third-order valence-corrected chi connectivity index (χ3v) is 5.61. The maximum atomic E-state index is 13.1. The molecular weight excluding hydrogens is 388 g/mol. The van der Waals surface area contributed by atoms with Gasteiger partial charge in [-0.2, -0.15) is 0 Å². The maximum absolute atomic E-state index is 13.1. The summed E-state index contributed by atoms with van der Waals surface area (Å²) in [6.45, 7) is 1.33. The number of carbonyl (C=O) groups is 2. The minimum absolute atomic E-state index is 0.00828. The lowest BCUT2D eigenvalue weighted by molar-refractivity contribution is -0.124. The van der Waals surface area contributed by atoms with Crippen LogP contribution in [-0.4, -0.2) is 43.5 Å². The topological polar surface area (TPSA) is 58.6 Å². The average molecular weight is 415 g/mol. The van der Waals surface area contributed by atoms with Crippen LogP contribution in [0.4, 0.5) is 0 Å². The molecule has 0 aliphatic carbocycles. The van der Waals surface area contributed by atoms with Crippen LogP contribution >= 0.6 is 0 Å². The molecule has 3 aromatic rings. The van der Waals surface area contributed by atoms with Gasteiger partial charge >= 0.3 is 0 Å². The molecular formula is C26H26N2O3. The fourth-order valence-electron chi connectivity index (χ4n) is 3.97. The van der Waals surface area contributed by atoms with Gasteiger partial charge in [0.2, 0.25) is 5.91 Å². The summed E-state index contributed by atoms with van der Waals surface area (Å²) >= 11 is 0. The third kappa shape index (κ3) is 4.94. The summed E-state index contributed by atoms with van der Waals surface area (Å²) < 4.78 is 5.24. The number of hydrogen-bond donors (Lipinski definition) is 1. The van der Waals surface area contributed by atoms with Crippen molar-refractivity contribution in [2.45, 2.75) is 6.42 Å². The van der Waals surface area contributed by atoms with Crippen LogP contribution in [0.5, 0.6) is 5.75 Å². The second kappa shape index (κ2) is 9.47. The number of benzene rings is 3. The number of carbonyl (C=O) groups excluding carboxylic acids is 2. The van der Waals surface area contributed by atoms with Gasteiger partial charge in [0.1, 0.15) is 5.75 Å². The van der Waals surface area contributed by atoms with Crippen molar-refractivity contribution in [3.8, 4) is 16.9 Å². The lowest BCUT2D eigenvalue weighted by Crippen LogP contribution is -2.37.